The number of hydrogen-bond acceptors (Lipinski definition) is 5. The molecule has 2 aromatic rings. The maximum Gasteiger partial charge on any atom is 0.263 e. The van der Waals surface area contributed by atoms with Gasteiger partial charge in [-0.3, -0.25) is 4.79 Å². The third-order valence-electron chi connectivity index (χ3n) is 3.44. The molecule has 7 heteroatoms. The number of aliphatic hydroxyl groups is 1. The average Bonchev–Trinajstić information content (AvgIpc) is 2.94. The first-order valence-corrected chi connectivity index (χ1v) is 7.96. The van der Waals surface area contributed by atoms with E-state index in [2.05, 4.69) is 10.3 Å². The van der Waals surface area contributed by atoms with Crippen LogP contribution in [-0.4, -0.2) is 29.7 Å². The van der Waals surface area contributed by atoms with Crippen molar-refractivity contribution in [2.24, 2.45) is 0 Å². The Morgan fingerprint density at radius 1 is 1.48 bits per heavy atom. The van der Waals surface area contributed by atoms with E-state index < -0.39 is 11.9 Å². The highest BCUT2D eigenvalue weighted by atomic mass is 32.1. The molecule has 1 heterocycles. The molecule has 0 bridgehead atoms. The standard InChI is InChI=1S/C16H19FN2O3S/c1-9-14(23-16(19-9)10(2)22-3)15(21)18-8-13(20)11-6-4-5-7-12(11)17/h4-7,10,13,20H,8H2,1-3H3,(H,18,21). The number of halogens is 1. The number of ether oxygens (including phenoxy) is 1. The minimum Gasteiger partial charge on any atom is -0.386 e. The monoisotopic (exact) mass is 338 g/mol. The summed E-state index contributed by atoms with van der Waals surface area (Å²) in [5.74, 6) is -0.843. The summed E-state index contributed by atoms with van der Waals surface area (Å²) in [5, 5.41) is 13.3. The number of carbonyl (C=O) groups is 1. The average molecular weight is 338 g/mol. The van der Waals surface area contributed by atoms with E-state index in [1.54, 1.807) is 26.2 Å². The lowest BCUT2D eigenvalue weighted by Gasteiger charge is -2.12. The van der Waals surface area contributed by atoms with E-state index in [0.717, 1.165) is 0 Å². The summed E-state index contributed by atoms with van der Waals surface area (Å²) in [6, 6.07) is 5.94. The lowest BCUT2D eigenvalue weighted by Crippen LogP contribution is -2.28. The highest BCUT2D eigenvalue weighted by Crippen LogP contribution is 2.25. The molecule has 0 aliphatic rings. The molecule has 2 unspecified atom stereocenters. The predicted molar refractivity (Wildman–Crippen MR) is 86.0 cm³/mol. The van der Waals surface area contributed by atoms with Gasteiger partial charge < -0.3 is 15.2 Å². The minimum atomic E-state index is -1.11. The van der Waals surface area contributed by atoms with Crippen molar-refractivity contribution < 1.29 is 19.0 Å². The Morgan fingerprint density at radius 2 is 2.17 bits per heavy atom. The van der Waals surface area contributed by atoms with Crippen LogP contribution in [0.1, 0.15) is 45.1 Å². The van der Waals surface area contributed by atoms with Crippen molar-refractivity contribution >= 4 is 17.2 Å². The van der Waals surface area contributed by atoms with Crippen molar-refractivity contribution in [3.63, 3.8) is 0 Å². The zero-order valence-corrected chi connectivity index (χ0v) is 14.0. The van der Waals surface area contributed by atoms with Gasteiger partial charge in [0.05, 0.1) is 11.8 Å². The molecule has 0 saturated heterocycles. The molecular formula is C16H19FN2O3S. The van der Waals surface area contributed by atoms with Crippen LogP contribution >= 0.6 is 11.3 Å². The van der Waals surface area contributed by atoms with Crippen LogP contribution in [0.15, 0.2) is 24.3 Å². The Morgan fingerprint density at radius 3 is 2.83 bits per heavy atom. The van der Waals surface area contributed by atoms with Gasteiger partial charge in [0.15, 0.2) is 0 Å². The fourth-order valence-electron chi connectivity index (χ4n) is 2.03. The Labute approximate surface area is 138 Å². The zero-order valence-electron chi connectivity index (χ0n) is 13.2. The van der Waals surface area contributed by atoms with Crippen molar-refractivity contribution in [1.29, 1.82) is 0 Å². The molecule has 0 aliphatic heterocycles. The van der Waals surface area contributed by atoms with Gasteiger partial charge in [-0.05, 0) is 19.9 Å². The Kier molecular flexibility index (Phi) is 5.81. The zero-order chi connectivity index (χ0) is 17.0. The summed E-state index contributed by atoms with van der Waals surface area (Å²) in [6.45, 7) is 3.51. The molecule has 124 valence electrons. The van der Waals surface area contributed by atoms with Crippen molar-refractivity contribution in [1.82, 2.24) is 10.3 Å². The Hall–Kier alpha value is -1.83. The summed E-state index contributed by atoms with van der Waals surface area (Å²) >= 11 is 1.25. The largest absolute Gasteiger partial charge is 0.386 e. The molecule has 0 radical (unpaired) electrons. The molecule has 5 nitrogen and oxygen atoms in total. The highest BCUT2D eigenvalue weighted by molar-refractivity contribution is 7.13. The van der Waals surface area contributed by atoms with Crippen molar-refractivity contribution in [3.8, 4) is 0 Å². The fourth-order valence-corrected chi connectivity index (χ4v) is 3.04. The number of aliphatic hydroxyl groups excluding tert-OH is 1. The highest BCUT2D eigenvalue weighted by Gasteiger charge is 2.20. The molecule has 1 aromatic carbocycles. The van der Waals surface area contributed by atoms with Gasteiger partial charge >= 0.3 is 0 Å². The number of aryl methyl sites for hydroxylation is 1. The maximum atomic E-state index is 13.6. The van der Waals surface area contributed by atoms with Gasteiger partial charge in [-0.2, -0.15) is 0 Å². The van der Waals surface area contributed by atoms with Crippen molar-refractivity contribution in [2.45, 2.75) is 26.1 Å². The Balaban J connectivity index is 2.02. The minimum absolute atomic E-state index is 0.0771. The van der Waals surface area contributed by atoms with Gasteiger partial charge in [0.25, 0.3) is 5.91 Å². The number of amides is 1. The van der Waals surface area contributed by atoms with Gasteiger partial charge in [-0.15, -0.1) is 11.3 Å². The third-order valence-corrected chi connectivity index (χ3v) is 4.76. The summed E-state index contributed by atoms with van der Waals surface area (Å²) in [5.41, 5.74) is 0.759. The molecule has 23 heavy (non-hydrogen) atoms. The van der Waals surface area contributed by atoms with Crippen LogP contribution < -0.4 is 5.32 Å². The molecule has 1 aromatic heterocycles. The number of hydrogen-bond donors (Lipinski definition) is 2. The first-order chi connectivity index (χ1) is 10.9. The number of aromatic nitrogens is 1. The molecule has 2 atom stereocenters. The van der Waals surface area contributed by atoms with Crippen LogP contribution in [0.5, 0.6) is 0 Å². The summed E-state index contributed by atoms with van der Waals surface area (Å²) in [6.07, 6.45) is -1.30. The maximum absolute atomic E-state index is 13.6. The fraction of sp³-hybridized carbons (Fsp3) is 0.375. The third kappa shape index (κ3) is 4.13. The topological polar surface area (TPSA) is 71.5 Å². The second-order valence-corrected chi connectivity index (χ2v) is 6.12. The number of carbonyl (C=O) groups excluding carboxylic acids is 1. The van der Waals surface area contributed by atoms with Crippen molar-refractivity contribution in [2.75, 3.05) is 13.7 Å². The molecular weight excluding hydrogens is 319 g/mol. The van der Waals surface area contributed by atoms with Gasteiger partial charge in [-0.1, -0.05) is 18.2 Å². The summed E-state index contributed by atoms with van der Waals surface area (Å²) in [4.78, 5) is 17.0. The normalized spacial score (nSPS) is 13.6. The van der Waals surface area contributed by atoms with Crippen LogP contribution in [0.25, 0.3) is 0 Å². The SMILES string of the molecule is COC(C)c1nc(C)c(C(=O)NCC(O)c2ccccc2F)s1. The first-order valence-electron chi connectivity index (χ1n) is 7.14. The van der Waals surface area contributed by atoms with E-state index in [1.165, 1.54) is 23.5 Å². The van der Waals surface area contributed by atoms with E-state index in [4.69, 9.17) is 4.74 Å². The Bertz CT molecular complexity index is 690. The number of rotatable bonds is 6. The lowest BCUT2D eigenvalue weighted by atomic mass is 10.1. The van der Waals surface area contributed by atoms with E-state index in [0.29, 0.717) is 15.6 Å². The first kappa shape index (κ1) is 17.5. The van der Waals surface area contributed by atoms with E-state index >= 15 is 0 Å². The smallest absolute Gasteiger partial charge is 0.263 e. The van der Waals surface area contributed by atoms with E-state index in [-0.39, 0.29) is 24.1 Å². The molecule has 0 spiro atoms. The number of nitrogens with one attached hydrogen (secondary N) is 1. The van der Waals surface area contributed by atoms with Gasteiger partial charge in [0.1, 0.15) is 21.8 Å². The molecule has 1 amide bonds. The predicted octanol–water partition coefficient (Wildman–Crippen LogP) is 2.76. The van der Waals surface area contributed by atoms with Crippen LogP contribution in [-0.2, 0) is 4.74 Å². The van der Waals surface area contributed by atoms with Crippen LogP contribution in [0, 0.1) is 12.7 Å². The van der Waals surface area contributed by atoms with E-state index in [1.807, 2.05) is 6.92 Å². The van der Waals surface area contributed by atoms with Gasteiger partial charge in [0.2, 0.25) is 0 Å². The second-order valence-electron chi connectivity index (χ2n) is 5.09. The lowest BCUT2D eigenvalue weighted by molar-refractivity contribution is 0.0917. The van der Waals surface area contributed by atoms with Crippen LogP contribution in [0.3, 0.4) is 0 Å². The second kappa shape index (κ2) is 7.63. The summed E-state index contributed by atoms with van der Waals surface area (Å²) < 4.78 is 18.8. The van der Waals surface area contributed by atoms with Crippen LogP contribution in [0.2, 0.25) is 0 Å². The molecule has 0 fully saturated rings. The quantitative estimate of drug-likeness (QED) is 0.849. The molecule has 0 saturated carbocycles. The summed E-state index contributed by atoms with van der Waals surface area (Å²) in [7, 11) is 1.58. The number of thiazole rings is 1. The molecule has 0 aliphatic carbocycles. The molecule has 2 rings (SSSR count). The van der Waals surface area contributed by atoms with E-state index in [9.17, 15) is 14.3 Å². The van der Waals surface area contributed by atoms with Gasteiger partial charge in [0, 0.05) is 19.2 Å². The number of nitrogens with zero attached hydrogens (tertiary/aromatic N) is 1. The van der Waals surface area contributed by atoms with Gasteiger partial charge in [-0.25, -0.2) is 9.37 Å². The number of benzene rings is 1. The molecule has 2 N–H and O–H groups in total. The van der Waals surface area contributed by atoms with Crippen molar-refractivity contribution in [3.05, 3.63) is 51.2 Å². The number of methoxy groups -OCH3 is 1. The van der Waals surface area contributed by atoms with Crippen LogP contribution in [0.4, 0.5) is 4.39 Å².